The number of hydrogen-bond acceptors (Lipinski definition) is 5. The van der Waals surface area contributed by atoms with Crippen LogP contribution < -0.4 is 10.6 Å². The number of hydrogen-bond donors (Lipinski definition) is 2. The van der Waals surface area contributed by atoms with Gasteiger partial charge in [-0.05, 0) is 30.5 Å². The van der Waals surface area contributed by atoms with Crippen molar-refractivity contribution in [3.8, 4) is 0 Å². The number of carbonyl (C=O) groups excluding carboxylic acids is 2. The van der Waals surface area contributed by atoms with Gasteiger partial charge in [0.1, 0.15) is 5.69 Å². The number of aryl methyl sites for hydroxylation is 1. The molecule has 0 aliphatic carbocycles. The van der Waals surface area contributed by atoms with Crippen molar-refractivity contribution in [1.29, 1.82) is 0 Å². The van der Waals surface area contributed by atoms with Gasteiger partial charge in [-0.15, -0.1) is 11.8 Å². The van der Waals surface area contributed by atoms with Gasteiger partial charge in [-0.25, -0.2) is 0 Å². The molecule has 0 aromatic heterocycles. The van der Waals surface area contributed by atoms with E-state index in [9.17, 15) is 19.7 Å². The number of nitro benzene ring substituents is 1. The summed E-state index contributed by atoms with van der Waals surface area (Å²) in [6.07, 6.45) is 1.45. The van der Waals surface area contributed by atoms with Crippen molar-refractivity contribution in [2.45, 2.75) is 38.5 Å². The van der Waals surface area contributed by atoms with Crippen molar-refractivity contribution in [3.63, 3.8) is 0 Å². The molecule has 0 heterocycles. The summed E-state index contributed by atoms with van der Waals surface area (Å²) in [6.45, 7) is 4.16. The van der Waals surface area contributed by atoms with Gasteiger partial charge in [-0.2, -0.15) is 0 Å². The number of thioether (sulfide) groups is 1. The first kappa shape index (κ1) is 22.4. The molecule has 29 heavy (non-hydrogen) atoms. The lowest BCUT2D eigenvalue weighted by atomic mass is 10.2. The summed E-state index contributed by atoms with van der Waals surface area (Å²) in [5.41, 5.74) is 1.76. The number of nitro groups is 1. The fraction of sp³-hybridized carbons (Fsp3) is 0.333. The maximum absolute atomic E-state index is 12.5. The summed E-state index contributed by atoms with van der Waals surface area (Å²) in [6, 6.07) is 14.2. The molecule has 2 aromatic rings. The summed E-state index contributed by atoms with van der Waals surface area (Å²) >= 11 is 1.24. The van der Waals surface area contributed by atoms with Crippen LogP contribution in [0, 0.1) is 17.0 Å². The number of nitrogens with zero attached hydrogens (tertiary/aromatic N) is 1. The van der Waals surface area contributed by atoms with E-state index >= 15 is 0 Å². The zero-order valence-corrected chi connectivity index (χ0v) is 17.3. The molecule has 0 spiro atoms. The largest absolute Gasteiger partial charge is 0.351 e. The highest BCUT2D eigenvalue weighted by Crippen LogP contribution is 2.26. The van der Waals surface area contributed by atoms with Crippen molar-refractivity contribution < 1.29 is 14.5 Å². The SMILES string of the molecule is CCCC(SCC(=O)Nc1ccc(C)cc1[N+](=O)[O-])C(=O)NCc1ccccc1. The van der Waals surface area contributed by atoms with Crippen LogP contribution in [0.5, 0.6) is 0 Å². The second-order valence-corrected chi connectivity index (χ2v) is 7.81. The molecule has 2 amide bonds. The molecular weight excluding hydrogens is 390 g/mol. The first-order chi connectivity index (χ1) is 13.9. The van der Waals surface area contributed by atoms with Crippen LogP contribution in [0.15, 0.2) is 48.5 Å². The van der Waals surface area contributed by atoms with Crippen molar-refractivity contribution in [3.05, 3.63) is 69.8 Å². The molecule has 0 aliphatic heterocycles. The van der Waals surface area contributed by atoms with Gasteiger partial charge in [0.05, 0.1) is 15.9 Å². The molecule has 8 heteroatoms. The average molecular weight is 416 g/mol. The molecule has 0 saturated heterocycles. The third-order valence-corrected chi connectivity index (χ3v) is 5.47. The van der Waals surface area contributed by atoms with E-state index in [-0.39, 0.29) is 34.2 Å². The average Bonchev–Trinajstić information content (AvgIpc) is 2.71. The van der Waals surface area contributed by atoms with Crippen LogP contribution in [0.2, 0.25) is 0 Å². The lowest BCUT2D eigenvalue weighted by Gasteiger charge is -2.16. The monoisotopic (exact) mass is 415 g/mol. The molecule has 0 bridgehead atoms. The summed E-state index contributed by atoms with van der Waals surface area (Å²) in [4.78, 5) is 35.5. The number of carbonyl (C=O) groups is 2. The van der Waals surface area contributed by atoms with Crippen LogP contribution in [0.4, 0.5) is 11.4 Å². The van der Waals surface area contributed by atoms with E-state index in [4.69, 9.17) is 0 Å². The zero-order chi connectivity index (χ0) is 21.2. The van der Waals surface area contributed by atoms with Crippen LogP contribution in [-0.4, -0.2) is 27.7 Å². The minimum absolute atomic E-state index is 0.0362. The van der Waals surface area contributed by atoms with E-state index in [1.165, 1.54) is 23.9 Å². The molecule has 0 saturated carbocycles. The lowest BCUT2D eigenvalue weighted by molar-refractivity contribution is -0.384. The smallest absolute Gasteiger partial charge is 0.293 e. The minimum Gasteiger partial charge on any atom is -0.351 e. The summed E-state index contributed by atoms with van der Waals surface area (Å²) in [7, 11) is 0. The number of anilines is 1. The quantitative estimate of drug-likeness (QED) is 0.450. The van der Waals surface area contributed by atoms with Crippen LogP contribution in [0.3, 0.4) is 0 Å². The second-order valence-electron chi connectivity index (χ2n) is 6.62. The number of benzene rings is 2. The van der Waals surface area contributed by atoms with Gasteiger partial charge in [0, 0.05) is 12.6 Å². The van der Waals surface area contributed by atoms with Crippen molar-refractivity contribution in [2.24, 2.45) is 0 Å². The fourth-order valence-electron chi connectivity index (χ4n) is 2.71. The molecule has 7 nitrogen and oxygen atoms in total. The zero-order valence-electron chi connectivity index (χ0n) is 16.5. The maximum atomic E-state index is 12.5. The van der Waals surface area contributed by atoms with Gasteiger partial charge in [0.25, 0.3) is 5.69 Å². The highest BCUT2D eigenvalue weighted by molar-refractivity contribution is 8.01. The Balaban J connectivity index is 1.91. The standard InChI is InChI=1S/C21H25N3O4S/c1-3-7-19(21(26)22-13-16-8-5-4-6-9-16)29-14-20(25)23-17-11-10-15(2)12-18(17)24(27)28/h4-6,8-12,19H,3,7,13-14H2,1-2H3,(H,22,26)(H,23,25). The van der Waals surface area contributed by atoms with E-state index < -0.39 is 4.92 Å². The van der Waals surface area contributed by atoms with E-state index in [0.29, 0.717) is 13.0 Å². The summed E-state index contributed by atoms with van der Waals surface area (Å²) < 4.78 is 0. The Morgan fingerprint density at radius 1 is 1.17 bits per heavy atom. The highest BCUT2D eigenvalue weighted by atomic mass is 32.2. The Labute approximate surface area is 174 Å². The fourth-order valence-corrected chi connectivity index (χ4v) is 3.77. The van der Waals surface area contributed by atoms with Crippen LogP contribution in [0.25, 0.3) is 0 Å². The molecule has 1 unspecified atom stereocenters. The lowest BCUT2D eigenvalue weighted by Crippen LogP contribution is -2.33. The summed E-state index contributed by atoms with van der Waals surface area (Å²) in [5, 5.41) is 16.3. The molecule has 0 fully saturated rings. The van der Waals surface area contributed by atoms with Gasteiger partial charge < -0.3 is 10.6 Å². The third-order valence-electron chi connectivity index (χ3n) is 4.19. The van der Waals surface area contributed by atoms with E-state index in [1.54, 1.807) is 13.0 Å². The first-order valence-electron chi connectivity index (χ1n) is 9.38. The van der Waals surface area contributed by atoms with Gasteiger partial charge in [-0.3, -0.25) is 19.7 Å². The van der Waals surface area contributed by atoms with E-state index in [2.05, 4.69) is 10.6 Å². The Bertz CT molecular complexity index is 858. The summed E-state index contributed by atoms with van der Waals surface area (Å²) in [5.74, 6) is -0.456. The molecule has 0 aliphatic rings. The van der Waals surface area contributed by atoms with E-state index in [0.717, 1.165) is 17.5 Å². The Morgan fingerprint density at radius 3 is 2.55 bits per heavy atom. The van der Waals surface area contributed by atoms with Crippen LogP contribution in [-0.2, 0) is 16.1 Å². The maximum Gasteiger partial charge on any atom is 0.293 e. The van der Waals surface area contributed by atoms with Crippen LogP contribution >= 0.6 is 11.8 Å². The minimum atomic E-state index is -0.521. The molecule has 154 valence electrons. The molecule has 2 N–H and O–H groups in total. The molecule has 2 aromatic carbocycles. The first-order valence-corrected chi connectivity index (χ1v) is 10.4. The molecule has 2 rings (SSSR count). The predicted octanol–water partition coefficient (Wildman–Crippen LogP) is 4.06. The van der Waals surface area contributed by atoms with Gasteiger partial charge in [-0.1, -0.05) is 49.7 Å². The Hall–Kier alpha value is -2.87. The molecule has 1 atom stereocenters. The van der Waals surface area contributed by atoms with Crippen molar-refractivity contribution in [2.75, 3.05) is 11.1 Å². The number of nitrogens with one attached hydrogen (secondary N) is 2. The van der Waals surface area contributed by atoms with Gasteiger partial charge >= 0.3 is 0 Å². The third kappa shape index (κ3) is 7.23. The van der Waals surface area contributed by atoms with Gasteiger partial charge in [0.15, 0.2) is 0 Å². The van der Waals surface area contributed by atoms with E-state index in [1.807, 2.05) is 37.3 Å². The predicted molar refractivity (Wildman–Crippen MR) is 116 cm³/mol. The number of rotatable bonds is 10. The van der Waals surface area contributed by atoms with Gasteiger partial charge in [0.2, 0.25) is 11.8 Å². The molecular formula is C21H25N3O4S. The molecule has 0 radical (unpaired) electrons. The highest BCUT2D eigenvalue weighted by Gasteiger charge is 2.21. The normalized spacial score (nSPS) is 11.5. The Morgan fingerprint density at radius 2 is 1.90 bits per heavy atom. The van der Waals surface area contributed by atoms with Crippen molar-refractivity contribution in [1.82, 2.24) is 5.32 Å². The second kappa shape index (κ2) is 11.2. The Kier molecular flexibility index (Phi) is 8.67. The van der Waals surface area contributed by atoms with Crippen molar-refractivity contribution >= 4 is 35.0 Å². The number of amides is 2. The van der Waals surface area contributed by atoms with Crippen LogP contribution in [0.1, 0.15) is 30.9 Å². The topological polar surface area (TPSA) is 101 Å².